The summed E-state index contributed by atoms with van der Waals surface area (Å²) in [6.45, 7) is 2.59. The molecule has 2 aliphatic heterocycles. The van der Waals surface area contributed by atoms with Gasteiger partial charge in [-0.1, -0.05) is 0 Å². The summed E-state index contributed by atoms with van der Waals surface area (Å²) in [4.78, 5) is 4.68. The van der Waals surface area contributed by atoms with Crippen molar-refractivity contribution in [3.8, 4) is 34.1 Å². The van der Waals surface area contributed by atoms with Crippen LogP contribution < -0.4 is 18.9 Å². The van der Waals surface area contributed by atoms with Gasteiger partial charge in [0.05, 0.1) is 19.9 Å². The predicted octanol–water partition coefficient (Wildman–Crippen LogP) is 2.67. The minimum Gasteiger partial charge on any atom is -0.497 e. The van der Waals surface area contributed by atoms with E-state index in [1.54, 1.807) is 21.1 Å². The summed E-state index contributed by atoms with van der Waals surface area (Å²) in [5.41, 5.74) is 3.82. The number of ether oxygens (including phenoxy) is 4. The maximum atomic E-state index is 11.5. The lowest BCUT2D eigenvalue weighted by atomic mass is 9.71. The minimum atomic E-state index is -1.26. The molecule has 6 heteroatoms. The second-order valence-electron chi connectivity index (χ2n) is 6.82. The number of hydrogen-bond donors (Lipinski definition) is 1. The van der Waals surface area contributed by atoms with Crippen LogP contribution in [0, 0.1) is 0 Å². The predicted molar refractivity (Wildman–Crippen MR) is 95.8 cm³/mol. The number of fused-ring (bicyclic) bond motifs is 4. The van der Waals surface area contributed by atoms with Gasteiger partial charge in [-0.15, -0.1) is 0 Å². The van der Waals surface area contributed by atoms with Gasteiger partial charge in [0.15, 0.2) is 11.5 Å². The molecule has 0 spiro atoms. The smallest absolute Gasteiger partial charge is 0.231 e. The summed E-state index contributed by atoms with van der Waals surface area (Å²) in [7, 11) is 3.21. The van der Waals surface area contributed by atoms with E-state index in [0.717, 1.165) is 34.4 Å². The molecule has 0 aromatic heterocycles. The molecule has 0 fully saturated rings. The fourth-order valence-corrected chi connectivity index (χ4v) is 4.20. The summed E-state index contributed by atoms with van der Waals surface area (Å²) in [5.74, 6) is 2.64. The standard InChI is InChI=1S/C20H19NO5/c1-20(22)12-7-11(23-2)8-13(24-3)16(12)17-15-10(4-5-21-19(15)20)6-14-18(17)26-9-25-14/h6-8,22H,4-5,9H2,1-3H3. The molecule has 2 aromatic carbocycles. The summed E-state index contributed by atoms with van der Waals surface area (Å²) in [6, 6.07) is 5.67. The average molecular weight is 353 g/mol. The molecule has 0 radical (unpaired) electrons. The molecule has 1 N–H and O–H groups in total. The third-order valence-electron chi connectivity index (χ3n) is 5.40. The molecule has 0 bridgehead atoms. The molecule has 0 saturated carbocycles. The first-order valence-electron chi connectivity index (χ1n) is 8.56. The van der Waals surface area contributed by atoms with E-state index >= 15 is 0 Å². The van der Waals surface area contributed by atoms with Crippen molar-refractivity contribution < 1.29 is 24.1 Å². The molecular weight excluding hydrogens is 334 g/mol. The van der Waals surface area contributed by atoms with Crippen molar-refractivity contribution in [3.05, 3.63) is 34.9 Å². The fraction of sp³-hybridized carbons (Fsp3) is 0.350. The molecular formula is C20H19NO5. The number of methoxy groups -OCH3 is 2. The Labute approximate surface area is 151 Å². The Bertz CT molecular complexity index is 977. The van der Waals surface area contributed by atoms with Crippen molar-refractivity contribution in [2.24, 2.45) is 4.99 Å². The normalized spacial score (nSPS) is 21.6. The van der Waals surface area contributed by atoms with Crippen LogP contribution in [-0.2, 0) is 12.0 Å². The third-order valence-corrected chi connectivity index (χ3v) is 5.40. The van der Waals surface area contributed by atoms with Crippen LogP contribution in [0.4, 0.5) is 0 Å². The molecule has 3 aliphatic rings. The first-order valence-corrected chi connectivity index (χ1v) is 8.56. The molecule has 134 valence electrons. The van der Waals surface area contributed by atoms with Crippen LogP contribution in [-0.4, -0.2) is 38.4 Å². The minimum absolute atomic E-state index is 0.182. The van der Waals surface area contributed by atoms with Crippen LogP contribution >= 0.6 is 0 Å². The highest BCUT2D eigenvalue weighted by Crippen LogP contribution is 2.56. The molecule has 0 amide bonds. The number of hydrogen-bond acceptors (Lipinski definition) is 6. The van der Waals surface area contributed by atoms with E-state index in [9.17, 15) is 5.11 Å². The highest BCUT2D eigenvalue weighted by molar-refractivity contribution is 6.18. The highest BCUT2D eigenvalue weighted by atomic mass is 16.7. The third kappa shape index (κ3) is 1.82. The Kier molecular flexibility index (Phi) is 3.07. The van der Waals surface area contributed by atoms with Crippen LogP contribution in [0.25, 0.3) is 11.1 Å². The van der Waals surface area contributed by atoms with Crippen LogP contribution in [0.5, 0.6) is 23.0 Å². The van der Waals surface area contributed by atoms with Gasteiger partial charge in [-0.25, -0.2) is 0 Å². The molecule has 0 saturated heterocycles. The average Bonchev–Trinajstić information content (AvgIpc) is 3.12. The summed E-state index contributed by atoms with van der Waals surface area (Å²) >= 11 is 0. The van der Waals surface area contributed by atoms with Gasteiger partial charge in [0.25, 0.3) is 0 Å². The largest absolute Gasteiger partial charge is 0.497 e. The number of rotatable bonds is 2. The van der Waals surface area contributed by atoms with Crippen molar-refractivity contribution in [1.82, 2.24) is 0 Å². The van der Waals surface area contributed by atoms with Gasteiger partial charge in [0, 0.05) is 34.9 Å². The Morgan fingerprint density at radius 1 is 1.08 bits per heavy atom. The van der Waals surface area contributed by atoms with Crippen molar-refractivity contribution >= 4 is 5.71 Å². The maximum absolute atomic E-state index is 11.5. The quantitative estimate of drug-likeness (QED) is 0.899. The van der Waals surface area contributed by atoms with Crippen molar-refractivity contribution in [1.29, 1.82) is 0 Å². The van der Waals surface area contributed by atoms with Crippen LogP contribution in [0.3, 0.4) is 0 Å². The molecule has 26 heavy (non-hydrogen) atoms. The van der Waals surface area contributed by atoms with Crippen LogP contribution in [0.2, 0.25) is 0 Å². The Balaban J connectivity index is 1.96. The number of aliphatic imine (C=N–C) groups is 1. The molecule has 1 atom stereocenters. The van der Waals surface area contributed by atoms with E-state index < -0.39 is 5.60 Å². The zero-order valence-corrected chi connectivity index (χ0v) is 14.9. The maximum Gasteiger partial charge on any atom is 0.231 e. The number of benzene rings is 2. The molecule has 5 rings (SSSR count). The zero-order chi connectivity index (χ0) is 18.1. The number of aliphatic hydroxyl groups is 1. The van der Waals surface area contributed by atoms with Crippen LogP contribution in [0.1, 0.15) is 23.6 Å². The van der Waals surface area contributed by atoms with Crippen molar-refractivity contribution in [3.63, 3.8) is 0 Å². The Morgan fingerprint density at radius 3 is 2.69 bits per heavy atom. The lowest BCUT2D eigenvalue weighted by Crippen LogP contribution is -2.39. The Hall–Kier alpha value is -2.73. The second kappa shape index (κ2) is 5.14. The van der Waals surface area contributed by atoms with E-state index in [2.05, 4.69) is 4.99 Å². The molecule has 2 heterocycles. The van der Waals surface area contributed by atoms with Gasteiger partial charge in [0.1, 0.15) is 17.1 Å². The first kappa shape index (κ1) is 15.5. The van der Waals surface area contributed by atoms with Gasteiger partial charge in [-0.05, 0) is 31.0 Å². The van der Waals surface area contributed by atoms with E-state index in [-0.39, 0.29) is 6.79 Å². The molecule has 1 unspecified atom stereocenters. The SMILES string of the molecule is COc1cc(OC)c2c(c1)C(C)(O)C1=NCCc3cc4c(c-2c31)OCO4. The van der Waals surface area contributed by atoms with Gasteiger partial charge < -0.3 is 24.1 Å². The highest BCUT2D eigenvalue weighted by Gasteiger charge is 2.45. The molecule has 1 aliphatic carbocycles. The lowest BCUT2D eigenvalue weighted by Gasteiger charge is -2.38. The van der Waals surface area contributed by atoms with Crippen molar-refractivity contribution in [2.45, 2.75) is 18.9 Å². The van der Waals surface area contributed by atoms with E-state index in [1.165, 1.54) is 0 Å². The van der Waals surface area contributed by atoms with Crippen LogP contribution in [0.15, 0.2) is 23.2 Å². The van der Waals surface area contributed by atoms with Gasteiger partial charge >= 0.3 is 0 Å². The molecule has 6 nitrogen and oxygen atoms in total. The Morgan fingerprint density at radius 2 is 1.92 bits per heavy atom. The first-order chi connectivity index (χ1) is 12.6. The molecule has 2 aromatic rings. The lowest BCUT2D eigenvalue weighted by molar-refractivity contribution is 0.132. The monoisotopic (exact) mass is 353 g/mol. The summed E-state index contributed by atoms with van der Waals surface area (Å²) < 4.78 is 22.5. The van der Waals surface area contributed by atoms with E-state index in [1.807, 2.05) is 18.2 Å². The van der Waals surface area contributed by atoms with Gasteiger partial charge in [0.2, 0.25) is 6.79 Å². The van der Waals surface area contributed by atoms with E-state index in [0.29, 0.717) is 35.1 Å². The fourth-order valence-electron chi connectivity index (χ4n) is 4.20. The summed E-state index contributed by atoms with van der Waals surface area (Å²) in [5, 5.41) is 11.5. The second-order valence-corrected chi connectivity index (χ2v) is 6.82. The topological polar surface area (TPSA) is 69.5 Å². The van der Waals surface area contributed by atoms with Crippen molar-refractivity contribution in [2.75, 3.05) is 27.6 Å². The van der Waals surface area contributed by atoms with Gasteiger partial charge in [-0.2, -0.15) is 0 Å². The zero-order valence-electron chi connectivity index (χ0n) is 14.9. The summed E-state index contributed by atoms with van der Waals surface area (Å²) in [6.07, 6.45) is 0.798. The number of nitrogens with zero attached hydrogens (tertiary/aromatic N) is 1. The van der Waals surface area contributed by atoms with E-state index in [4.69, 9.17) is 18.9 Å². The van der Waals surface area contributed by atoms with Gasteiger partial charge in [-0.3, -0.25) is 4.99 Å².